The summed E-state index contributed by atoms with van der Waals surface area (Å²) < 4.78 is 26.0. The fourth-order valence-electron chi connectivity index (χ4n) is 1.01. The van der Waals surface area contributed by atoms with Gasteiger partial charge in [-0.15, -0.1) is 6.58 Å². The van der Waals surface area contributed by atoms with Gasteiger partial charge in [-0.2, -0.15) is 0 Å². The van der Waals surface area contributed by atoms with E-state index in [-0.39, 0.29) is 0 Å². The van der Waals surface area contributed by atoms with Gasteiger partial charge in [0.15, 0.2) is 11.6 Å². The van der Waals surface area contributed by atoms with Crippen LogP contribution >= 0.6 is 15.9 Å². The van der Waals surface area contributed by atoms with Gasteiger partial charge >= 0.3 is 0 Å². The maximum absolute atomic E-state index is 12.8. The lowest BCUT2D eigenvalue weighted by Crippen LogP contribution is -1.91. The summed E-state index contributed by atoms with van der Waals surface area (Å²) in [5.41, 5.74) is 0.763. The molecule has 0 spiro atoms. The fourth-order valence-corrected chi connectivity index (χ4v) is 1.53. The molecular weight excluding hydrogens is 238 g/mol. The van der Waals surface area contributed by atoms with Gasteiger partial charge in [-0.05, 0) is 30.5 Å². The number of benzene rings is 1. The third-order valence-corrected chi connectivity index (χ3v) is 2.45. The summed E-state index contributed by atoms with van der Waals surface area (Å²) in [6.07, 6.45) is 3.17. The van der Waals surface area contributed by atoms with E-state index in [2.05, 4.69) is 22.5 Å². The lowest BCUT2D eigenvalue weighted by Gasteiger charge is -2.03. The summed E-state index contributed by atoms with van der Waals surface area (Å²) in [5, 5.41) is 0. The van der Waals surface area contributed by atoms with Gasteiger partial charge in [0.2, 0.25) is 0 Å². The number of rotatable bonds is 3. The minimum atomic E-state index is -0.825. The summed E-state index contributed by atoms with van der Waals surface area (Å²) in [5.74, 6) is -1.63. The molecule has 3 heteroatoms. The molecule has 0 saturated carbocycles. The van der Waals surface area contributed by atoms with E-state index in [0.29, 0.717) is 10.9 Å². The minimum absolute atomic E-state index is 0.605. The standard InChI is InChI=1S/C10H9BrF2/c1-2-3-4-7-5-9(12)10(13)6-8(7)11/h2,5-6H,1,3-4H2. The van der Waals surface area contributed by atoms with Gasteiger partial charge in [0.1, 0.15) is 0 Å². The van der Waals surface area contributed by atoms with E-state index >= 15 is 0 Å². The van der Waals surface area contributed by atoms with E-state index in [1.54, 1.807) is 6.08 Å². The van der Waals surface area contributed by atoms with Gasteiger partial charge in [-0.1, -0.05) is 22.0 Å². The van der Waals surface area contributed by atoms with Gasteiger partial charge < -0.3 is 0 Å². The smallest absolute Gasteiger partial charge is 0.159 e. The van der Waals surface area contributed by atoms with Crippen LogP contribution in [0.25, 0.3) is 0 Å². The second-order valence-corrected chi connectivity index (χ2v) is 3.54. The quantitative estimate of drug-likeness (QED) is 0.562. The molecule has 1 aromatic carbocycles. The number of hydrogen-bond donors (Lipinski definition) is 0. The van der Waals surface area contributed by atoms with Crippen LogP contribution in [-0.2, 0) is 6.42 Å². The Bertz CT molecular complexity index is 321. The predicted molar refractivity (Wildman–Crippen MR) is 52.6 cm³/mol. The molecule has 0 aromatic heterocycles. The highest BCUT2D eigenvalue weighted by atomic mass is 79.9. The van der Waals surface area contributed by atoms with Crippen LogP contribution in [0.15, 0.2) is 29.3 Å². The van der Waals surface area contributed by atoms with Crippen molar-refractivity contribution in [1.82, 2.24) is 0 Å². The van der Waals surface area contributed by atoms with Crippen LogP contribution < -0.4 is 0 Å². The molecule has 0 unspecified atom stereocenters. The van der Waals surface area contributed by atoms with Crippen molar-refractivity contribution >= 4 is 15.9 Å². The summed E-state index contributed by atoms with van der Waals surface area (Å²) in [7, 11) is 0. The van der Waals surface area contributed by atoms with Crippen LogP contribution in [0.2, 0.25) is 0 Å². The average Bonchev–Trinajstić information content (AvgIpc) is 2.09. The zero-order valence-electron chi connectivity index (χ0n) is 6.99. The summed E-state index contributed by atoms with van der Waals surface area (Å²) in [6, 6.07) is 2.36. The molecule has 0 fully saturated rings. The Morgan fingerprint density at radius 2 is 1.92 bits per heavy atom. The molecule has 0 N–H and O–H groups in total. The first-order valence-corrected chi connectivity index (χ1v) is 4.68. The van der Waals surface area contributed by atoms with Crippen LogP contribution in [0.3, 0.4) is 0 Å². The Labute approximate surface area is 84.4 Å². The van der Waals surface area contributed by atoms with E-state index in [0.717, 1.165) is 18.1 Å². The molecule has 0 amide bonds. The van der Waals surface area contributed by atoms with E-state index < -0.39 is 11.6 Å². The maximum atomic E-state index is 12.8. The third kappa shape index (κ3) is 2.62. The fraction of sp³-hybridized carbons (Fsp3) is 0.200. The van der Waals surface area contributed by atoms with Gasteiger partial charge in [0, 0.05) is 4.47 Å². The first kappa shape index (κ1) is 10.4. The molecule has 0 aliphatic heterocycles. The van der Waals surface area contributed by atoms with E-state index in [1.165, 1.54) is 6.07 Å². The largest absolute Gasteiger partial charge is 0.204 e. The number of hydrogen-bond acceptors (Lipinski definition) is 0. The monoisotopic (exact) mass is 246 g/mol. The zero-order chi connectivity index (χ0) is 9.84. The van der Waals surface area contributed by atoms with Crippen molar-refractivity contribution in [2.45, 2.75) is 12.8 Å². The van der Waals surface area contributed by atoms with Crippen molar-refractivity contribution in [2.75, 3.05) is 0 Å². The lowest BCUT2D eigenvalue weighted by molar-refractivity contribution is 0.506. The second-order valence-electron chi connectivity index (χ2n) is 2.69. The van der Waals surface area contributed by atoms with Crippen molar-refractivity contribution < 1.29 is 8.78 Å². The molecule has 0 aliphatic carbocycles. The van der Waals surface area contributed by atoms with Gasteiger partial charge in [0.25, 0.3) is 0 Å². The van der Waals surface area contributed by atoms with Crippen molar-refractivity contribution in [3.05, 3.63) is 46.5 Å². The van der Waals surface area contributed by atoms with Crippen molar-refractivity contribution in [3.8, 4) is 0 Å². The predicted octanol–water partition coefficient (Wildman–Crippen LogP) is 3.85. The van der Waals surface area contributed by atoms with Crippen LogP contribution in [0, 0.1) is 11.6 Å². The van der Waals surface area contributed by atoms with E-state index in [9.17, 15) is 8.78 Å². The Hall–Kier alpha value is -0.700. The van der Waals surface area contributed by atoms with Crippen molar-refractivity contribution in [3.63, 3.8) is 0 Å². The Balaban J connectivity index is 2.94. The number of aryl methyl sites for hydroxylation is 1. The maximum Gasteiger partial charge on any atom is 0.159 e. The van der Waals surface area contributed by atoms with Crippen molar-refractivity contribution in [1.29, 1.82) is 0 Å². The SMILES string of the molecule is C=CCCc1cc(F)c(F)cc1Br. The molecular formula is C10H9BrF2. The molecule has 0 aliphatic rings. The zero-order valence-corrected chi connectivity index (χ0v) is 8.57. The molecule has 0 saturated heterocycles. The minimum Gasteiger partial charge on any atom is -0.204 e. The molecule has 13 heavy (non-hydrogen) atoms. The lowest BCUT2D eigenvalue weighted by atomic mass is 10.1. The molecule has 1 rings (SSSR count). The second kappa shape index (κ2) is 4.51. The third-order valence-electron chi connectivity index (χ3n) is 1.71. The Morgan fingerprint density at radius 3 is 2.54 bits per heavy atom. The average molecular weight is 247 g/mol. The van der Waals surface area contributed by atoms with Gasteiger partial charge in [-0.3, -0.25) is 0 Å². The summed E-state index contributed by atoms with van der Waals surface area (Å²) >= 11 is 3.17. The highest BCUT2D eigenvalue weighted by molar-refractivity contribution is 9.10. The Morgan fingerprint density at radius 1 is 1.31 bits per heavy atom. The van der Waals surface area contributed by atoms with E-state index in [4.69, 9.17) is 0 Å². The molecule has 0 bridgehead atoms. The van der Waals surface area contributed by atoms with Crippen LogP contribution in [0.4, 0.5) is 8.78 Å². The van der Waals surface area contributed by atoms with E-state index in [1.807, 2.05) is 0 Å². The topological polar surface area (TPSA) is 0 Å². The highest BCUT2D eigenvalue weighted by Crippen LogP contribution is 2.21. The van der Waals surface area contributed by atoms with Crippen LogP contribution in [-0.4, -0.2) is 0 Å². The summed E-state index contributed by atoms with van der Waals surface area (Å²) in [4.78, 5) is 0. The molecule has 0 nitrogen and oxygen atoms in total. The van der Waals surface area contributed by atoms with Crippen molar-refractivity contribution in [2.24, 2.45) is 0 Å². The number of allylic oxidation sites excluding steroid dienone is 1. The highest BCUT2D eigenvalue weighted by Gasteiger charge is 2.06. The van der Waals surface area contributed by atoms with Gasteiger partial charge in [0.05, 0.1) is 0 Å². The molecule has 70 valence electrons. The summed E-state index contributed by atoms with van der Waals surface area (Å²) in [6.45, 7) is 3.56. The Kier molecular flexibility index (Phi) is 3.60. The van der Waals surface area contributed by atoms with Crippen LogP contribution in [0.1, 0.15) is 12.0 Å². The molecule has 0 atom stereocenters. The normalized spacial score (nSPS) is 10.1. The molecule has 0 heterocycles. The molecule has 1 aromatic rings. The molecule has 0 radical (unpaired) electrons. The number of halogens is 3. The first-order valence-electron chi connectivity index (χ1n) is 3.89. The van der Waals surface area contributed by atoms with Crippen LogP contribution in [0.5, 0.6) is 0 Å². The van der Waals surface area contributed by atoms with Gasteiger partial charge in [-0.25, -0.2) is 8.78 Å². The first-order chi connectivity index (χ1) is 6.15.